The normalized spacial score (nSPS) is 9.56. The van der Waals surface area contributed by atoms with Crippen LogP contribution < -0.4 is 0 Å². The van der Waals surface area contributed by atoms with Crippen molar-refractivity contribution in [3.05, 3.63) is 28.8 Å². The van der Waals surface area contributed by atoms with Crippen molar-refractivity contribution in [1.29, 1.82) is 5.26 Å². The second-order valence-electron chi connectivity index (χ2n) is 2.99. The second-order valence-corrected chi connectivity index (χ2v) is 3.26. The van der Waals surface area contributed by atoms with Gasteiger partial charge in [0.2, 0.25) is 0 Å². The maximum atomic E-state index is 11.6. The van der Waals surface area contributed by atoms with Crippen molar-refractivity contribution in [2.24, 2.45) is 0 Å². The van der Waals surface area contributed by atoms with Crippen LogP contribution in [0.25, 0.3) is 0 Å². The molecule has 0 fully saturated rings. The third-order valence-electron chi connectivity index (χ3n) is 1.95. The number of halogens is 1. The first kappa shape index (κ1) is 12.3. The highest BCUT2D eigenvalue weighted by Gasteiger charge is 2.18. The van der Waals surface area contributed by atoms with Crippen molar-refractivity contribution in [2.75, 3.05) is 6.61 Å². The Morgan fingerprint density at radius 3 is 2.81 bits per heavy atom. The minimum absolute atomic E-state index is 0.0250. The Balaban J connectivity index is 3.34. The lowest BCUT2D eigenvalue weighted by molar-refractivity contribution is 0.0525. The molecule has 1 N–H and O–H groups in total. The summed E-state index contributed by atoms with van der Waals surface area (Å²) in [5.74, 6) is -0.674. The Morgan fingerprint density at radius 1 is 1.62 bits per heavy atom. The van der Waals surface area contributed by atoms with Crippen LogP contribution in [0.15, 0.2) is 12.1 Å². The Morgan fingerprint density at radius 2 is 2.31 bits per heavy atom. The lowest BCUT2D eigenvalue weighted by atomic mass is 10.0. The van der Waals surface area contributed by atoms with Crippen molar-refractivity contribution in [1.82, 2.24) is 0 Å². The maximum Gasteiger partial charge on any atom is 0.339 e. The Bertz CT molecular complexity index is 451. The number of phenolic OH excluding ortho intramolecular Hbond substituents is 1. The number of hydrogen-bond donors (Lipinski definition) is 1. The number of carbonyl (C=O) groups is 1. The van der Waals surface area contributed by atoms with Crippen LogP contribution >= 0.6 is 11.6 Å². The predicted octanol–water partition coefficient (Wildman–Crippen LogP) is 2.18. The van der Waals surface area contributed by atoms with Gasteiger partial charge in [0.1, 0.15) is 11.8 Å². The van der Waals surface area contributed by atoms with Gasteiger partial charge in [-0.15, -0.1) is 11.6 Å². The smallest absolute Gasteiger partial charge is 0.339 e. The first-order valence-electron chi connectivity index (χ1n) is 4.63. The van der Waals surface area contributed by atoms with Gasteiger partial charge in [0.25, 0.3) is 0 Å². The molecule has 0 amide bonds. The monoisotopic (exact) mass is 239 g/mol. The number of alkyl halides is 1. The molecular weight excluding hydrogens is 230 g/mol. The van der Waals surface area contributed by atoms with Gasteiger partial charge in [0.15, 0.2) is 0 Å². The minimum Gasteiger partial charge on any atom is -0.508 e. The van der Waals surface area contributed by atoms with Gasteiger partial charge in [-0.05, 0) is 24.6 Å². The Kier molecular flexibility index (Phi) is 4.15. The van der Waals surface area contributed by atoms with Crippen LogP contribution in [0.2, 0.25) is 0 Å². The van der Waals surface area contributed by atoms with E-state index in [9.17, 15) is 9.90 Å². The van der Waals surface area contributed by atoms with Crippen molar-refractivity contribution in [3.8, 4) is 11.8 Å². The van der Waals surface area contributed by atoms with Gasteiger partial charge < -0.3 is 9.84 Å². The quantitative estimate of drug-likeness (QED) is 0.648. The van der Waals surface area contributed by atoms with Crippen molar-refractivity contribution in [3.63, 3.8) is 0 Å². The fraction of sp³-hybridized carbons (Fsp3) is 0.273. The molecule has 0 radical (unpaired) electrons. The molecule has 0 saturated heterocycles. The van der Waals surface area contributed by atoms with E-state index in [2.05, 4.69) is 0 Å². The highest BCUT2D eigenvalue weighted by atomic mass is 35.5. The van der Waals surface area contributed by atoms with Crippen LogP contribution in [0.5, 0.6) is 5.75 Å². The summed E-state index contributed by atoms with van der Waals surface area (Å²) in [6, 6.07) is 4.39. The minimum atomic E-state index is -0.602. The number of ether oxygens (including phenoxy) is 1. The van der Waals surface area contributed by atoms with Crippen LogP contribution in [0.1, 0.15) is 28.4 Å². The molecule has 0 aliphatic rings. The number of aromatic hydroxyl groups is 1. The molecule has 0 heterocycles. The summed E-state index contributed by atoms with van der Waals surface area (Å²) in [6.07, 6.45) is 0. The Hall–Kier alpha value is -1.73. The molecule has 1 aromatic carbocycles. The van der Waals surface area contributed by atoms with E-state index in [0.29, 0.717) is 5.56 Å². The van der Waals surface area contributed by atoms with E-state index in [1.54, 1.807) is 6.92 Å². The highest BCUT2D eigenvalue weighted by molar-refractivity contribution is 6.17. The van der Waals surface area contributed by atoms with E-state index in [0.717, 1.165) is 0 Å². The SMILES string of the molecule is CCOC(=O)c1c(C#N)cc(O)cc1CCl. The molecule has 0 aliphatic heterocycles. The van der Waals surface area contributed by atoms with Gasteiger partial charge in [-0.3, -0.25) is 0 Å². The van der Waals surface area contributed by atoms with E-state index < -0.39 is 5.97 Å². The van der Waals surface area contributed by atoms with Crippen molar-refractivity contribution < 1.29 is 14.6 Å². The highest BCUT2D eigenvalue weighted by Crippen LogP contribution is 2.23. The predicted molar refractivity (Wildman–Crippen MR) is 58.3 cm³/mol. The van der Waals surface area contributed by atoms with Gasteiger partial charge >= 0.3 is 5.97 Å². The number of esters is 1. The number of benzene rings is 1. The van der Waals surface area contributed by atoms with Gasteiger partial charge in [-0.25, -0.2) is 4.79 Å². The molecule has 0 saturated carbocycles. The number of nitriles is 1. The first-order valence-corrected chi connectivity index (χ1v) is 5.16. The van der Waals surface area contributed by atoms with Crippen molar-refractivity contribution in [2.45, 2.75) is 12.8 Å². The number of phenols is 1. The van der Waals surface area contributed by atoms with Crippen LogP contribution in [0, 0.1) is 11.3 Å². The van der Waals surface area contributed by atoms with Crippen LogP contribution in [-0.2, 0) is 10.6 Å². The van der Waals surface area contributed by atoms with E-state index in [1.165, 1.54) is 12.1 Å². The Labute approximate surface area is 98.0 Å². The lowest BCUT2D eigenvalue weighted by Gasteiger charge is -2.08. The van der Waals surface area contributed by atoms with E-state index >= 15 is 0 Å². The van der Waals surface area contributed by atoms with Crippen LogP contribution in [-0.4, -0.2) is 17.7 Å². The summed E-state index contributed by atoms with van der Waals surface area (Å²) in [7, 11) is 0. The molecule has 5 heteroatoms. The van der Waals surface area contributed by atoms with E-state index in [4.69, 9.17) is 21.6 Å². The van der Waals surface area contributed by atoms with Crippen LogP contribution in [0.3, 0.4) is 0 Å². The zero-order chi connectivity index (χ0) is 12.1. The van der Waals surface area contributed by atoms with Gasteiger partial charge in [0, 0.05) is 5.88 Å². The fourth-order valence-electron chi connectivity index (χ4n) is 1.32. The fourth-order valence-corrected chi connectivity index (χ4v) is 1.53. The topological polar surface area (TPSA) is 70.3 Å². The molecule has 16 heavy (non-hydrogen) atoms. The molecule has 4 nitrogen and oxygen atoms in total. The number of nitrogens with zero attached hydrogens (tertiary/aromatic N) is 1. The molecule has 84 valence electrons. The summed E-state index contributed by atoms with van der Waals surface area (Å²) >= 11 is 5.65. The second kappa shape index (κ2) is 5.38. The van der Waals surface area contributed by atoms with Gasteiger partial charge in [-0.1, -0.05) is 0 Å². The summed E-state index contributed by atoms with van der Waals surface area (Å²) in [4.78, 5) is 11.6. The average Bonchev–Trinajstić information content (AvgIpc) is 2.27. The first-order chi connectivity index (χ1) is 7.63. The summed E-state index contributed by atoms with van der Waals surface area (Å²) in [6.45, 7) is 1.89. The average molecular weight is 240 g/mol. The molecule has 1 rings (SSSR count). The van der Waals surface area contributed by atoms with Crippen molar-refractivity contribution >= 4 is 17.6 Å². The van der Waals surface area contributed by atoms with Gasteiger partial charge in [-0.2, -0.15) is 5.26 Å². The summed E-state index contributed by atoms with van der Waals surface area (Å²) < 4.78 is 4.82. The molecule has 0 bridgehead atoms. The maximum absolute atomic E-state index is 11.6. The van der Waals surface area contributed by atoms with Gasteiger partial charge in [0.05, 0.1) is 17.7 Å². The zero-order valence-electron chi connectivity index (χ0n) is 8.66. The third-order valence-corrected chi connectivity index (χ3v) is 2.24. The number of carbonyl (C=O) groups excluding carboxylic acids is 1. The molecular formula is C11H10ClNO3. The standard InChI is InChI=1S/C11H10ClNO3/c1-2-16-11(15)10-7(5-12)3-9(14)4-8(10)6-13/h3-4,14H,2,5H2,1H3. The van der Waals surface area contributed by atoms with E-state index in [-0.39, 0.29) is 29.4 Å². The lowest BCUT2D eigenvalue weighted by Crippen LogP contribution is -2.10. The summed E-state index contributed by atoms with van der Waals surface area (Å²) in [5.41, 5.74) is 0.572. The molecule has 0 unspecified atom stereocenters. The zero-order valence-corrected chi connectivity index (χ0v) is 9.41. The van der Waals surface area contributed by atoms with E-state index in [1.807, 2.05) is 6.07 Å². The molecule has 0 atom stereocenters. The molecule has 1 aromatic rings. The largest absolute Gasteiger partial charge is 0.508 e. The number of rotatable bonds is 3. The van der Waals surface area contributed by atoms with Crippen LogP contribution in [0.4, 0.5) is 0 Å². The molecule has 0 aromatic heterocycles. The summed E-state index contributed by atoms with van der Waals surface area (Å²) in [5, 5.41) is 18.2. The number of hydrogen-bond acceptors (Lipinski definition) is 4. The third kappa shape index (κ3) is 2.44. The molecule has 0 aliphatic carbocycles. The molecule has 0 spiro atoms.